The van der Waals surface area contributed by atoms with Crippen molar-refractivity contribution >= 4 is 11.8 Å². The monoisotopic (exact) mass is 236 g/mol. The predicted octanol–water partition coefficient (Wildman–Crippen LogP) is 2.93. The smallest absolute Gasteiger partial charge is 0.234 e. The average molecular weight is 236 g/mol. The lowest BCUT2D eigenvalue weighted by Gasteiger charge is -2.16. The molecule has 1 aliphatic carbocycles. The van der Waals surface area contributed by atoms with Crippen molar-refractivity contribution in [3.05, 3.63) is 11.3 Å². The van der Waals surface area contributed by atoms with Gasteiger partial charge in [0.2, 0.25) is 11.8 Å². The molecular formula is C13H20N2O2. The van der Waals surface area contributed by atoms with Crippen molar-refractivity contribution in [2.75, 3.05) is 5.32 Å². The van der Waals surface area contributed by atoms with Crippen molar-refractivity contribution < 1.29 is 9.32 Å². The van der Waals surface area contributed by atoms with Crippen molar-refractivity contribution in [2.24, 2.45) is 5.92 Å². The molecule has 1 heterocycles. The first-order valence-electron chi connectivity index (χ1n) is 6.48. The Morgan fingerprint density at radius 1 is 1.59 bits per heavy atom. The minimum Gasteiger partial charge on any atom is -0.338 e. The molecule has 94 valence electrons. The molecule has 0 saturated heterocycles. The van der Waals surface area contributed by atoms with Crippen molar-refractivity contribution in [2.45, 2.75) is 52.4 Å². The van der Waals surface area contributed by atoms with Gasteiger partial charge in [-0.25, -0.2) is 0 Å². The van der Waals surface area contributed by atoms with Crippen LogP contribution in [0.2, 0.25) is 0 Å². The maximum atomic E-state index is 11.6. The number of hydrogen-bond donors (Lipinski definition) is 1. The van der Waals surface area contributed by atoms with Gasteiger partial charge in [0.15, 0.2) is 0 Å². The SMILES string of the molecule is CCCCC(=O)Nc1onc2c1C[C@@H](C)CC2. The highest BCUT2D eigenvalue weighted by molar-refractivity contribution is 5.90. The van der Waals surface area contributed by atoms with E-state index in [1.807, 2.05) is 0 Å². The normalized spacial score (nSPS) is 18.8. The number of anilines is 1. The van der Waals surface area contributed by atoms with E-state index in [-0.39, 0.29) is 5.91 Å². The fraction of sp³-hybridized carbons (Fsp3) is 0.692. The number of carbonyl (C=O) groups is 1. The Kier molecular flexibility index (Phi) is 3.82. The number of aryl methyl sites for hydroxylation is 1. The van der Waals surface area contributed by atoms with Gasteiger partial charge in [-0.3, -0.25) is 10.1 Å². The molecule has 0 unspecified atom stereocenters. The van der Waals surface area contributed by atoms with Crippen LogP contribution < -0.4 is 5.32 Å². The second-order valence-electron chi connectivity index (χ2n) is 4.94. The largest absolute Gasteiger partial charge is 0.338 e. The number of amides is 1. The third kappa shape index (κ3) is 2.87. The molecule has 0 saturated carbocycles. The number of aromatic nitrogens is 1. The van der Waals surface area contributed by atoms with Gasteiger partial charge in [-0.2, -0.15) is 0 Å². The van der Waals surface area contributed by atoms with E-state index in [0.29, 0.717) is 18.2 Å². The summed E-state index contributed by atoms with van der Waals surface area (Å²) in [6, 6.07) is 0. The van der Waals surface area contributed by atoms with Crippen molar-refractivity contribution in [1.29, 1.82) is 0 Å². The molecule has 0 fully saturated rings. The van der Waals surface area contributed by atoms with Crippen LogP contribution in [0.1, 0.15) is 50.8 Å². The first kappa shape index (κ1) is 12.1. The lowest BCUT2D eigenvalue weighted by Crippen LogP contribution is -2.15. The summed E-state index contributed by atoms with van der Waals surface area (Å²) >= 11 is 0. The molecule has 1 aromatic heterocycles. The van der Waals surface area contributed by atoms with Crippen LogP contribution in [-0.2, 0) is 17.6 Å². The van der Waals surface area contributed by atoms with Gasteiger partial charge < -0.3 is 4.52 Å². The molecule has 0 aliphatic heterocycles. The Bertz CT molecular complexity index is 398. The summed E-state index contributed by atoms with van der Waals surface area (Å²) in [6.07, 6.45) is 5.58. The van der Waals surface area contributed by atoms with Gasteiger partial charge >= 0.3 is 0 Å². The van der Waals surface area contributed by atoms with Gasteiger partial charge in [0.25, 0.3) is 0 Å². The quantitative estimate of drug-likeness (QED) is 0.874. The van der Waals surface area contributed by atoms with Crippen molar-refractivity contribution in [3.63, 3.8) is 0 Å². The highest BCUT2D eigenvalue weighted by Crippen LogP contribution is 2.30. The van der Waals surface area contributed by atoms with E-state index in [1.54, 1.807) is 0 Å². The summed E-state index contributed by atoms with van der Waals surface area (Å²) in [5.41, 5.74) is 2.13. The lowest BCUT2D eigenvalue weighted by molar-refractivity contribution is -0.116. The second-order valence-corrected chi connectivity index (χ2v) is 4.94. The Morgan fingerprint density at radius 3 is 3.18 bits per heavy atom. The van der Waals surface area contributed by atoms with E-state index in [9.17, 15) is 4.79 Å². The third-order valence-corrected chi connectivity index (χ3v) is 3.31. The second kappa shape index (κ2) is 5.34. The van der Waals surface area contributed by atoms with Gasteiger partial charge in [0.1, 0.15) is 0 Å². The summed E-state index contributed by atoms with van der Waals surface area (Å²) < 4.78 is 5.23. The number of carbonyl (C=O) groups excluding carboxylic acids is 1. The van der Waals surface area contributed by atoms with Crippen LogP contribution >= 0.6 is 0 Å². The van der Waals surface area contributed by atoms with E-state index >= 15 is 0 Å². The van der Waals surface area contributed by atoms with Gasteiger partial charge in [0.05, 0.1) is 5.69 Å². The van der Waals surface area contributed by atoms with Crippen LogP contribution in [0.5, 0.6) is 0 Å². The van der Waals surface area contributed by atoms with Crippen LogP contribution in [0.15, 0.2) is 4.52 Å². The summed E-state index contributed by atoms with van der Waals surface area (Å²) in [5.74, 6) is 1.25. The van der Waals surface area contributed by atoms with E-state index in [1.165, 1.54) is 0 Å². The molecule has 0 radical (unpaired) electrons. The molecular weight excluding hydrogens is 216 g/mol. The summed E-state index contributed by atoms with van der Waals surface area (Å²) in [7, 11) is 0. The van der Waals surface area contributed by atoms with E-state index in [0.717, 1.165) is 43.4 Å². The molecule has 17 heavy (non-hydrogen) atoms. The average Bonchev–Trinajstić information content (AvgIpc) is 2.69. The molecule has 1 aliphatic rings. The fourth-order valence-electron chi connectivity index (χ4n) is 2.21. The van der Waals surface area contributed by atoms with Crippen molar-refractivity contribution in [1.82, 2.24) is 5.16 Å². The molecule has 0 aromatic carbocycles. The van der Waals surface area contributed by atoms with Crippen LogP contribution in [0.4, 0.5) is 5.88 Å². The minimum absolute atomic E-state index is 0.0315. The highest BCUT2D eigenvalue weighted by atomic mass is 16.5. The maximum Gasteiger partial charge on any atom is 0.234 e. The Labute approximate surface area is 102 Å². The Hall–Kier alpha value is -1.32. The topological polar surface area (TPSA) is 55.1 Å². The number of fused-ring (bicyclic) bond motifs is 1. The number of unbranched alkanes of at least 4 members (excludes halogenated alkanes) is 1. The fourth-order valence-corrected chi connectivity index (χ4v) is 2.21. The Balaban J connectivity index is 2.02. The summed E-state index contributed by atoms with van der Waals surface area (Å²) in [6.45, 7) is 4.30. The zero-order chi connectivity index (χ0) is 12.3. The number of nitrogens with one attached hydrogen (secondary N) is 1. The molecule has 4 nitrogen and oxygen atoms in total. The zero-order valence-corrected chi connectivity index (χ0v) is 10.6. The van der Waals surface area contributed by atoms with Gasteiger partial charge in [-0.05, 0) is 31.6 Å². The minimum atomic E-state index is 0.0315. The molecule has 2 rings (SSSR count). The van der Waals surface area contributed by atoms with Gasteiger partial charge in [-0.1, -0.05) is 25.4 Å². The van der Waals surface area contributed by atoms with E-state index in [2.05, 4.69) is 24.3 Å². The van der Waals surface area contributed by atoms with Crippen LogP contribution in [0, 0.1) is 5.92 Å². The van der Waals surface area contributed by atoms with Crippen LogP contribution in [0.25, 0.3) is 0 Å². The number of nitrogens with zero attached hydrogens (tertiary/aromatic N) is 1. The standard InChI is InChI=1S/C13H20N2O2/c1-3-4-5-12(16)14-13-10-8-9(2)6-7-11(10)15-17-13/h9H,3-8H2,1-2H3,(H,14,16)/t9-/m0/s1. The Morgan fingerprint density at radius 2 is 2.41 bits per heavy atom. The molecule has 1 aromatic rings. The maximum absolute atomic E-state index is 11.6. The molecule has 1 amide bonds. The summed E-state index contributed by atoms with van der Waals surface area (Å²) in [5, 5.41) is 6.87. The molecule has 1 N–H and O–H groups in total. The van der Waals surface area contributed by atoms with Gasteiger partial charge in [0, 0.05) is 12.0 Å². The first-order valence-corrected chi connectivity index (χ1v) is 6.48. The predicted molar refractivity (Wildman–Crippen MR) is 65.8 cm³/mol. The molecule has 1 atom stereocenters. The lowest BCUT2D eigenvalue weighted by atomic mass is 9.89. The zero-order valence-electron chi connectivity index (χ0n) is 10.6. The molecule has 0 bridgehead atoms. The highest BCUT2D eigenvalue weighted by Gasteiger charge is 2.24. The number of rotatable bonds is 4. The molecule has 0 spiro atoms. The third-order valence-electron chi connectivity index (χ3n) is 3.31. The number of hydrogen-bond acceptors (Lipinski definition) is 3. The van der Waals surface area contributed by atoms with E-state index < -0.39 is 0 Å². The summed E-state index contributed by atoms with van der Waals surface area (Å²) in [4.78, 5) is 11.6. The van der Waals surface area contributed by atoms with Crippen LogP contribution in [-0.4, -0.2) is 11.1 Å². The van der Waals surface area contributed by atoms with E-state index in [4.69, 9.17) is 4.52 Å². The van der Waals surface area contributed by atoms with Crippen molar-refractivity contribution in [3.8, 4) is 0 Å². The van der Waals surface area contributed by atoms with Crippen LogP contribution in [0.3, 0.4) is 0 Å². The van der Waals surface area contributed by atoms with Gasteiger partial charge in [-0.15, -0.1) is 0 Å². The molecule has 4 heteroatoms. The first-order chi connectivity index (χ1) is 8.20.